The fraction of sp³-hybridized carbons (Fsp3) is 0.320. The van der Waals surface area contributed by atoms with Crippen molar-refractivity contribution >= 4 is 6.03 Å². The zero-order valence-corrected chi connectivity index (χ0v) is 17.6. The third kappa shape index (κ3) is 6.36. The predicted octanol–water partition coefficient (Wildman–Crippen LogP) is 3.63. The smallest absolute Gasteiger partial charge is 0.315 e. The quantitative estimate of drug-likeness (QED) is 0.556. The maximum Gasteiger partial charge on any atom is 0.315 e. The van der Waals surface area contributed by atoms with Crippen molar-refractivity contribution in [2.75, 3.05) is 26.2 Å². The van der Waals surface area contributed by atoms with Crippen LogP contribution < -0.4 is 15.4 Å². The largest absolute Gasteiger partial charge is 0.491 e. The maximum absolute atomic E-state index is 12.4. The highest BCUT2D eigenvalue weighted by molar-refractivity contribution is 5.74. The number of fused-ring (bicyclic) bond motifs is 1. The Bertz CT molecular complexity index is 944. The third-order valence-electron chi connectivity index (χ3n) is 5.45. The van der Waals surface area contributed by atoms with Crippen LogP contribution in [-0.4, -0.2) is 43.2 Å². The van der Waals surface area contributed by atoms with Crippen molar-refractivity contribution in [3.8, 4) is 5.75 Å². The van der Waals surface area contributed by atoms with Gasteiger partial charge in [0, 0.05) is 19.6 Å². The average molecular weight is 420 g/mol. The number of para-hydroxylation sites is 1. The maximum atomic E-state index is 12.4. The molecule has 1 aromatic heterocycles. The summed E-state index contributed by atoms with van der Waals surface area (Å²) in [6.45, 7) is 3.40. The van der Waals surface area contributed by atoms with Gasteiger partial charge in [0.05, 0.1) is 18.8 Å². The minimum atomic E-state index is -0.158. The molecule has 2 aromatic carbocycles. The Morgan fingerprint density at radius 1 is 1.00 bits per heavy atom. The number of carbonyl (C=O) groups is 1. The molecule has 31 heavy (non-hydrogen) atoms. The van der Waals surface area contributed by atoms with Gasteiger partial charge in [0.25, 0.3) is 0 Å². The van der Waals surface area contributed by atoms with Gasteiger partial charge in [0.1, 0.15) is 18.1 Å². The fourth-order valence-corrected chi connectivity index (χ4v) is 3.81. The Labute approximate surface area is 183 Å². The van der Waals surface area contributed by atoms with Crippen LogP contribution in [0.15, 0.2) is 77.4 Å². The van der Waals surface area contributed by atoms with Crippen LogP contribution in [0.4, 0.5) is 4.79 Å². The van der Waals surface area contributed by atoms with E-state index < -0.39 is 0 Å². The number of rotatable bonds is 9. The minimum Gasteiger partial charge on any atom is -0.491 e. The van der Waals surface area contributed by atoms with E-state index >= 15 is 0 Å². The zero-order valence-electron chi connectivity index (χ0n) is 17.6. The molecule has 1 atom stereocenters. The van der Waals surface area contributed by atoms with Crippen molar-refractivity contribution < 1.29 is 13.9 Å². The van der Waals surface area contributed by atoms with Crippen LogP contribution in [0.2, 0.25) is 0 Å². The molecule has 1 aliphatic rings. The van der Waals surface area contributed by atoms with Gasteiger partial charge >= 0.3 is 6.03 Å². The molecule has 1 aliphatic heterocycles. The van der Waals surface area contributed by atoms with E-state index in [2.05, 4.69) is 39.8 Å². The minimum absolute atomic E-state index is 0.0211. The highest BCUT2D eigenvalue weighted by Crippen LogP contribution is 2.23. The topological polar surface area (TPSA) is 66.7 Å². The Kier molecular flexibility index (Phi) is 7.24. The SMILES string of the molecule is O=C(NCCN(CCc1ccccc1)Cc1ccco1)N[C@@H]1COc2ccccc2C1. The van der Waals surface area contributed by atoms with Gasteiger partial charge < -0.3 is 19.8 Å². The van der Waals surface area contributed by atoms with E-state index in [1.54, 1.807) is 6.26 Å². The molecule has 0 unspecified atom stereocenters. The van der Waals surface area contributed by atoms with Gasteiger partial charge in [-0.25, -0.2) is 4.79 Å². The Morgan fingerprint density at radius 3 is 2.68 bits per heavy atom. The van der Waals surface area contributed by atoms with Crippen molar-refractivity contribution in [2.24, 2.45) is 0 Å². The summed E-state index contributed by atoms with van der Waals surface area (Å²) in [7, 11) is 0. The van der Waals surface area contributed by atoms with Crippen LogP contribution >= 0.6 is 0 Å². The molecule has 0 fully saturated rings. The fourth-order valence-electron chi connectivity index (χ4n) is 3.81. The normalized spacial score (nSPS) is 15.2. The molecular weight excluding hydrogens is 390 g/mol. The van der Waals surface area contributed by atoms with Crippen LogP contribution in [0.25, 0.3) is 0 Å². The number of hydrogen-bond donors (Lipinski definition) is 2. The molecular formula is C25H29N3O3. The monoisotopic (exact) mass is 419 g/mol. The number of amides is 2. The number of hydrogen-bond acceptors (Lipinski definition) is 4. The van der Waals surface area contributed by atoms with Crippen LogP contribution in [-0.2, 0) is 19.4 Å². The van der Waals surface area contributed by atoms with Crippen LogP contribution in [0, 0.1) is 0 Å². The summed E-state index contributed by atoms with van der Waals surface area (Å²) in [4.78, 5) is 14.7. The molecule has 4 rings (SSSR count). The van der Waals surface area contributed by atoms with Gasteiger partial charge in [-0.05, 0) is 42.2 Å². The number of carbonyl (C=O) groups excluding carboxylic acids is 1. The third-order valence-corrected chi connectivity index (χ3v) is 5.45. The predicted molar refractivity (Wildman–Crippen MR) is 120 cm³/mol. The Hall–Kier alpha value is -3.25. The Morgan fingerprint density at radius 2 is 1.84 bits per heavy atom. The van der Waals surface area contributed by atoms with Crippen molar-refractivity contribution in [1.82, 2.24) is 15.5 Å². The van der Waals surface area contributed by atoms with Crippen LogP contribution in [0.3, 0.4) is 0 Å². The molecule has 0 saturated heterocycles. The second-order valence-corrected chi connectivity index (χ2v) is 7.81. The molecule has 0 aliphatic carbocycles. The molecule has 0 radical (unpaired) electrons. The summed E-state index contributed by atoms with van der Waals surface area (Å²) in [5, 5.41) is 6.01. The van der Waals surface area contributed by atoms with Crippen molar-refractivity contribution in [3.05, 3.63) is 89.9 Å². The average Bonchev–Trinajstić information content (AvgIpc) is 3.31. The molecule has 6 heteroatoms. The van der Waals surface area contributed by atoms with E-state index in [1.165, 1.54) is 5.56 Å². The second kappa shape index (κ2) is 10.7. The first-order chi connectivity index (χ1) is 15.3. The number of nitrogens with one attached hydrogen (secondary N) is 2. The van der Waals surface area contributed by atoms with Gasteiger partial charge in [-0.1, -0.05) is 48.5 Å². The van der Waals surface area contributed by atoms with Gasteiger partial charge in [-0.2, -0.15) is 0 Å². The lowest BCUT2D eigenvalue weighted by Crippen LogP contribution is -2.48. The molecule has 2 amide bonds. The lowest BCUT2D eigenvalue weighted by atomic mass is 10.0. The van der Waals surface area contributed by atoms with Gasteiger partial charge in [-0.3, -0.25) is 4.90 Å². The van der Waals surface area contributed by atoms with Crippen molar-refractivity contribution in [1.29, 1.82) is 0 Å². The Balaban J connectivity index is 1.23. The lowest BCUT2D eigenvalue weighted by Gasteiger charge is -2.26. The molecule has 3 aromatic rings. The van der Waals surface area contributed by atoms with E-state index in [0.717, 1.165) is 49.5 Å². The van der Waals surface area contributed by atoms with Crippen LogP contribution in [0.1, 0.15) is 16.9 Å². The second-order valence-electron chi connectivity index (χ2n) is 7.81. The highest BCUT2D eigenvalue weighted by Gasteiger charge is 2.21. The first kappa shape index (κ1) is 21.0. The first-order valence-electron chi connectivity index (χ1n) is 10.8. The number of ether oxygens (including phenoxy) is 1. The number of nitrogens with zero attached hydrogens (tertiary/aromatic N) is 1. The van der Waals surface area contributed by atoms with Crippen molar-refractivity contribution in [3.63, 3.8) is 0 Å². The number of urea groups is 1. The first-order valence-corrected chi connectivity index (χ1v) is 10.8. The van der Waals surface area contributed by atoms with E-state index in [0.29, 0.717) is 13.2 Å². The summed E-state index contributed by atoms with van der Waals surface area (Å²) < 4.78 is 11.3. The van der Waals surface area contributed by atoms with Crippen LogP contribution in [0.5, 0.6) is 5.75 Å². The zero-order chi connectivity index (χ0) is 21.3. The molecule has 0 bridgehead atoms. The summed E-state index contributed by atoms with van der Waals surface area (Å²) in [5.41, 5.74) is 2.43. The van der Waals surface area contributed by atoms with E-state index in [1.807, 2.05) is 42.5 Å². The number of furan rings is 1. The summed E-state index contributed by atoms with van der Waals surface area (Å²) in [5.74, 6) is 1.84. The molecule has 0 saturated carbocycles. The highest BCUT2D eigenvalue weighted by atomic mass is 16.5. The molecule has 162 valence electrons. The van der Waals surface area contributed by atoms with E-state index in [4.69, 9.17) is 9.15 Å². The molecule has 0 spiro atoms. The van der Waals surface area contributed by atoms with Gasteiger partial charge in [-0.15, -0.1) is 0 Å². The number of benzene rings is 2. The van der Waals surface area contributed by atoms with Gasteiger partial charge in [0.2, 0.25) is 0 Å². The standard InChI is InChI=1S/C25H29N3O3/c29-25(27-22-17-21-9-4-5-11-24(21)31-19-22)26-13-15-28(18-23-10-6-16-30-23)14-12-20-7-2-1-3-8-20/h1-11,16,22H,12-15,17-19H2,(H2,26,27,29)/t22-/m0/s1. The van der Waals surface area contributed by atoms with Crippen molar-refractivity contribution in [2.45, 2.75) is 25.4 Å². The summed E-state index contributed by atoms with van der Waals surface area (Å²) in [6, 6.07) is 22.1. The van der Waals surface area contributed by atoms with Gasteiger partial charge in [0.15, 0.2) is 0 Å². The molecule has 2 heterocycles. The van der Waals surface area contributed by atoms with E-state index in [-0.39, 0.29) is 12.1 Å². The molecule has 2 N–H and O–H groups in total. The van der Waals surface area contributed by atoms with E-state index in [9.17, 15) is 4.79 Å². The molecule has 6 nitrogen and oxygen atoms in total. The lowest BCUT2D eigenvalue weighted by molar-refractivity contribution is 0.210. The summed E-state index contributed by atoms with van der Waals surface area (Å²) in [6.07, 6.45) is 3.43. The summed E-state index contributed by atoms with van der Waals surface area (Å²) >= 11 is 0.